The zero-order valence-corrected chi connectivity index (χ0v) is 9.38. The van der Waals surface area contributed by atoms with E-state index in [9.17, 15) is 19.3 Å². The number of nitro groups is 1. The van der Waals surface area contributed by atoms with E-state index in [0.29, 0.717) is 0 Å². The standard InChI is InChI=1S/C10H9FN2O5/c1-2-18-12-8-4-7(13(15)16)6(11)3-9(8)17-5-10(12)14/h3-4H,2,5H2,1H3. The fourth-order valence-corrected chi connectivity index (χ4v) is 1.55. The summed E-state index contributed by atoms with van der Waals surface area (Å²) in [5, 5.41) is 11.5. The first kappa shape index (κ1) is 12.2. The molecule has 0 spiro atoms. The number of rotatable bonds is 3. The van der Waals surface area contributed by atoms with Gasteiger partial charge in [0.15, 0.2) is 6.61 Å². The first-order chi connectivity index (χ1) is 8.54. The molecule has 7 nitrogen and oxygen atoms in total. The highest BCUT2D eigenvalue weighted by Gasteiger charge is 2.30. The van der Waals surface area contributed by atoms with E-state index in [1.54, 1.807) is 6.92 Å². The highest BCUT2D eigenvalue weighted by molar-refractivity contribution is 5.96. The number of fused-ring (bicyclic) bond motifs is 1. The second-order valence-electron chi connectivity index (χ2n) is 3.42. The van der Waals surface area contributed by atoms with Crippen molar-refractivity contribution >= 4 is 17.3 Å². The number of hydrogen-bond donors (Lipinski definition) is 0. The largest absolute Gasteiger partial charge is 0.481 e. The van der Waals surface area contributed by atoms with Crippen molar-refractivity contribution in [2.24, 2.45) is 0 Å². The lowest BCUT2D eigenvalue weighted by molar-refractivity contribution is -0.387. The summed E-state index contributed by atoms with van der Waals surface area (Å²) in [6, 6.07) is 1.78. The molecule has 0 saturated carbocycles. The monoisotopic (exact) mass is 256 g/mol. The first-order valence-corrected chi connectivity index (χ1v) is 5.11. The maximum absolute atomic E-state index is 13.4. The van der Waals surface area contributed by atoms with Crippen molar-refractivity contribution in [1.82, 2.24) is 0 Å². The molecule has 1 aliphatic heterocycles. The van der Waals surface area contributed by atoms with Gasteiger partial charge in [0.1, 0.15) is 11.4 Å². The fraction of sp³-hybridized carbons (Fsp3) is 0.300. The summed E-state index contributed by atoms with van der Waals surface area (Å²) < 4.78 is 18.4. The van der Waals surface area contributed by atoms with Crippen LogP contribution in [-0.4, -0.2) is 24.0 Å². The second kappa shape index (κ2) is 4.57. The lowest BCUT2D eigenvalue weighted by Gasteiger charge is -2.27. The normalized spacial score (nSPS) is 14.1. The molecule has 96 valence electrons. The number of halogens is 1. The van der Waals surface area contributed by atoms with Crippen LogP contribution >= 0.6 is 0 Å². The van der Waals surface area contributed by atoms with Gasteiger partial charge in [0.05, 0.1) is 11.5 Å². The molecule has 0 N–H and O–H groups in total. The molecule has 1 aromatic rings. The van der Waals surface area contributed by atoms with Crippen LogP contribution in [-0.2, 0) is 9.63 Å². The molecule has 0 atom stereocenters. The van der Waals surface area contributed by atoms with Gasteiger partial charge in [-0.15, -0.1) is 0 Å². The summed E-state index contributed by atoms with van der Waals surface area (Å²) in [4.78, 5) is 26.3. The molecule has 0 bridgehead atoms. The number of benzene rings is 1. The Labute approximate surface area is 101 Å². The molecule has 1 aromatic carbocycles. The lowest BCUT2D eigenvalue weighted by atomic mass is 10.2. The molecule has 8 heteroatoms. The van der Waals surface area contributed by atoms with Crippen molar-refractivity contribution in [3.8, 4) is 5.75 Å². The van der Waals surface area contributed by atoms with Gasteiger partial charge in [-0.05, 0) is 6.92 Å². The third-order valence-corrected chi connectivity index (χ3v) is 2.28. The zero-order chi connectivity index (χ0) is 13.3. The van der Waals surface area contributed by atoms with E-state index < -0.39 is 22.3 Å². The van der Waals surface area contributed by atoms with E-state index in [1.807, 2.05) is 0 Å². The molecule has 1 aliphatic rings. The molecule has 2 rings (SSSR count). The molecule has 1 amide bonds. The summed E-state index contributed by atoms with van der Waals surface area (Å²) in [7, 11) is 0. The molecule has 0 aromatic heterocycles. The van der Waals surface area contributed by atoms with Crippen molar-refractivity contribution in [3.05, 3.63) is 28.1 Å². The number of amides is 1. The average molecular weight is 256 g/mol. The van der Waals surface area contributed by atoms with Crippen LogP contribution in [0.3, 0.4) is 0 Å². The Morgan fingerprint density at radius 1 is 1.61 bits per heavy atom. The molecular weight excluding hydrogens is 247 g/mol. The number of hydrogen-bond acceptors (Lipinski definition) is 5. The third-order valence-electron chi connectivity index (χ3n) is 2.28. The van der Waals surface area contributed by atoms with Gasteiger partial charge in [-0.3, -0.25) is 19.7 Å². The van der Waals surface area contributed by atoms with E-state index in [4.69, 9.17) is 9.57 Å². The minimum Gasteiger partial charge on any atom is -0.481 e. The Hall–Kier alpha value is -2.22. The number of hydroxylamine groups is 1. The molecule has 0 saturated heterocycles. The van der Waals surface area contributed by atoms with Crippen molar-refractivity contribution in [2.75, 3.05) is 18.3 Å². The maximum atomic E-state index is 13.4. The fourth-order valence-electron chi connectivity index (χ4n) is 1.55. The summed E-state index contributed by atoms with van der Waals surface area (Å²) in [5.41, 5.74) is -0.710. The van der Waals surface area contributed by atoms with Gasteiger partial charge in [0.25, 0.3) is 5.91 Å². The Morgan fingerprint density at radius 2 is 2.33 bits per heavy atom. The first-order valence-electron chi connectivity index (χ1n) is 5.11. The van der Waals surface area contributed by atoms with E-state index in [0.717, 1.165) is 17.2 Å². The zero-order valence-electron chi connectivity index (χ0n) is 9.38. The van der Waals surface area contributed by atoms with Gasteiger partial charge < -0.3 is 4.74 Å². The number of carbonyl (C=O) groups excluding carboxylic acids is 1. The van der Waals surface area contributed by atoms with Gasteiger partial charge in [-0.1, -0.05) is 0 Å². The molecular formula is C10H9FN2O5. The van der Waals surface area contributed by atoms with Crippen LogP contribution in [0.25, 0.3) is 0 Å². The summed E-state index contributed by atoms with van der Waals surface area (Å²) >= 11 is 0. The van der Waals surface area contributed by atoms with E-state index in [1.165, 1.54) is 0 Å². The Balaban J connectivity index is 2.52. The SMILES string of the molecule is CCON1C(=O)COc2cc(F)c([N+](=O)[O-])cc21. The highest BCUT2D eigenvalue weighted by atomic mass is 19.1. The molecule has 0 fully saturated rings. The Kier molecular flexibility index (Phi) is 3.11. The van der Waals surface area contributed by atoms with Crippen LogP contribution in [0, 0.1) is 15.9 Å². The number of nitro benzene ring substituents is 1. The van der Waals surface area contributed by atoms with E-state index in [2.05, 4.69) is 0 Å². The van der Waals surface area contributed by atoms with Crippen LogP contribution in [0.4, 0.5) is 15.8 Å². The van der Waals surface area contributed by atoms with Crippen LogP contribution in [0.2, 0.25) is 0 Å². The second-order valence-corrected chi connectivity index (χ2v) is 3.42. The molecule has 0 radical (unpaired) electrons. The van der Waals surface area contributed by atoms with Gasteiger partial charge in [-0.2, -0.15) is 9.45 Å². The van der Waals surface area contributed by atoms with Crippen LogP contribution in [0.1, 0.15) is 6.92 Å². The summed E-state index contributed by atoms with van der Waals surface area (Å²) in [6.07, 6.45) is 0. The smallest absolute Gasteiger partial charge is 0.307 e. The van der Waals surface area contributed by atoms with Gasteiger partial charge in [0, 0.05) is 12.1 Å². The van der Waals surface area contributed by atoms with Crippen molar-refractivity contribution in [3.63, 3.8) is 0 Å². The van der Waals surface area contributed by atoms with Crippen molar-refractivity contribution in [2.45, 2.75) is 6.92 Å². The third kappa shape index (κ3) is 1.97. The lowest BCUT2D eigenvalue weighted by Crippen LogP contribution is -2.38. The summed E-state index contributed by atoms with van der Waals surface area (Å²) in [5.74, 6) is -1.50. The van der Waals surface area contributed by atoms with Gasteiger partial charge in [0.2, 0.25) is 5.82 Å². The minimum atomic E-state index is -1.02. The van der Waals surface area contributed by atoms with Crippen LogP contribution in [0.5, 0.6) is 5.75 Å². The minimum absolute atomic E-state index is 0.0289. The highest BCUT2D eigenvalue weighted by Crippen LogP contribution is 2.37. The topological polar surface area (TPSA) is 81.9 Å². The summed E-state index contributed by atoms with van der Waals surface area (Å²) in [6.45, 7) is 1.54. The van der Waals surface area contributed by atoms with Crippen molar-refractivity contribution in [1.29, 1.82) is 0 Å². The predicted molar refractivity (Wildman–Crippen MR) is 57.7 cm³/mol. The molecule has 18 heavy (non-hydrogen) atoms. The quantitative estimate of drug-likeness (QED) is 0.603. The van der Waals surface area contributed by atoms with Crippen LogP contribution in [0.15, 0.2) is 12.1 Å². The number of carbonyl (C=O) groups is 1. The Bertz CT molecular complexity index is 519. The maximum Gasteiger partial charge on any atom is 0.307 e. The molecule has 1 heterocycles. The van der Waals surface area contributed by atoms with E-state index >= 15 is 0 Å². The Morgan fingerprint density at radius 3 is 2.94 bits per heavy atom. The number of ether oxygens (including phenoxy) is 1. The number of nitrogens with zero attached hydrogens (tertiary/aromatic N) is 2. The number of anilines is 1. The average Bonchev–Trinajstić information content (AvgIpc) is 2.32. The van der Waals surface area contributed by atoms with Crippen LogP contribution < -0.4 is 9.80 Å². The molecule has 0 unspecified atom stereocenters. The van der Waals surface area contributed by atoms with Gasteiger partial charge in [-0.25, -0.2) is 0 Å². The van der Waals surface area contributed by atoms with Gasteiger partial charge >= 0.3 is 5.69 Å². The predicted octanol–water partition coefficient (Wildman–Crippen LogP) is 1.41. The van der Waals surface area contributed by atoms with E-state index in [-0.39, 0.29) is 24.7 Å². The van der Waals surface area contributed by atoms with Crippen molar-refractivity contribution < 1.29 is 23.7 Å². The molecule has 0 aliphatic carbocycles.